The SMILES string of the molecule is Cc1nc(-c2ccc(Cl)s2)sc1C(=O)N(C)C1CCNC1.Cl. The van der Waals surface area contributed by atoms with Gasteiger partial charge in [0.2, 0.25) is 0 Å². The van der Waals surface area contributed by atoms with Crippen LogP contribution in [0, 0.1) is 6.92 Å². The van der Waals surface area contributed by atoms with Gasteiger partial charge in [-0.3, -0.25) is 4.79 Å². The number of halogens is 2. The molecule has 1 unspecified atom stereocenters. The van der Waals surface area contributed by atoms with Crippen LogP contribution in [0.4, 0.5) is 0 Å². The maximum absolute atomic E-state index is 12.6. The van der Waals surface area contributed by atoms with Crippen LogP contribution in [0.15, 0.2) is 12.1 Å². The molecule has 0 aliphatic carbocycles. The third-order valence-electron chi connectivity index (χ3n) is 3.68. The molecule has 1 aliphatic heterocycles. The van der Waals surface area contributed by atoms with E-state index in [0.29, 0.717) is 0 Å². The number of likely N-dealkylation sites (N-methyl/N-ethyl adjacent to an activating group) is 1. The average Bonchev–Trinajstić information content (AvgIpc) is 3.17. The molecular formula is C14H17Cl2N3OS2. The highest BCUT2D eigenvalue weighted by Gasteiger charge is 2.27. The molecule has 4 nitrogen and oxygen atoms in total. The van der Waals surface area contributed by atoms with Crippen molar-refractivity contribution in [3.8, 4) is 9.88 Å². The van der Waals surface area contributed by atoms with Crippen molar-refractivity contribution in [2.24, 2.45) is 0 Å². The van der Waals surface area contributed by atoms with Gasteiger partial charge in [-0.25, -0.2) is 4.98 Å². The molecule has 2 aromatic heterocycles. The Bertz CT molecular complexity index is 665. The van der Waals surface area contributed by atoms with Gasteiger partial charge in [0.25, 0.3) is 5.91 Å². The molecule has 3 heterocycles. The lowest BCUT2D eigenvalue weighted by molar-refractivity contribution is 0.0747. The number of amides is 1. The molecule has 8 heteroatoms. The molecule has 22 heavy (non-hydrogen) atoms. The van der Waals surface area contributed by atoms with E-state index in [2.05, 4.69) is 10.3 Å². The molecule has 1 amide bonds. The van der Waals surface area contributed by atoms with Crippen LogP contribution in [0.3, 0.4) is 0 Å². The van der Waals surface area contributed by atoms with E-state index in [0.717, 1.165) is 44.3 Å². The lowest BCUT2D eigenvalue weighted by atomic mass is 10.2. The number of nitrogens with one attached hydrogen (secondary N) is 1. The quantitative estimate of drug-likeness (QED) is 0.886. The zero-order valence-electron chi connectivity index (χ0n) is 12.3. The van der Waals surface area contributed by atoms with Gasteiger partial charge in [-0.15, -0.1) is 35.1 Å². The summed E-state index contributed by atoms with van der Waals surface area (Å²) in [6.07, 6.45) is 1.01. The number of carbonyl (C=O) groups is 1. The Labute approximate surface area is 148 Å². The number of aromatic nitrogens is 1. The van der Waals surface area contributed by atoms with Crippen LogP contribution in [-0.4, -0.2) is 42.0 Å². The Morgan fingerprint density at radius 3 is 2.82 bits per heavy atom. The zero-order chi connectivity index (χ0) is 15.0. The summed E-state index contributed by atoms with van der Waals surface area (Å²) in [5.74, 6) is 0.0626. The minimum atomic E-state index is 0. The van der Waals surface area contributed by atoms with Gasteiger partial charge in [-0.1, -0.05) is 11.6 Å². The first kappa shape index (κ1) is 17.7. The lowest BCUT2D eigenvalue weighted by Gasteiger charge is -2.23. The fourth-order valence-corrected chi connectivity index (χ4v) is 4.57. The normalized spacial score (nSPS) is 17.3. The highest BCUT2D eigenvalue weighted by Crippen LogP contribution is 2.35. The van der Waals surface area contributed by atoms with Gasteiger partial charge in [0.05, 0.1) is 14.9 Å². The predicted octanol–water partition coefficient (Wildman–Crippen LogP) is 3.69. The number of carbonyl (C=O) groups excluding carboxylic acids is 1. The Kier molecular flexibility index (Phi) is 5.85. The molecule has 1 fully saturated rings. The summed E-state index contributed by atoms with van der Waals surface area (Å²) >= 11 is 8.91. The van der Waals surface area contributed by atoms with E-state index in [1.54, 1.807) is 0 Å². The van der Waals surface area contributed by atoms with Gasteiger partial charge in [0.1, 0.15) is 9.88 Å². The van der Waals surface area contributed by atoms with Crippen molar-refractivity contribution < 1.29 is 4.79 Å². The number of aryl methyl sites for hydroxylation is 1. The molecule has 1 atom stereocenters. The van der Waals surface area contributed by atoms with Crippen LogP contribution < -0.4 is 5.32 Å². The van der Waals surface area contributed by atoms with Gasteiger partial charge < -0.3 is 10.2 Å². The summed E-state index contributed by atoms with van der Waals surface area (Å²) in [4.78, 5) is 20.8. The number of nitrogens with zero attached hydrogens (tertiary/aromatic N) is 2. The number of thiophene rings is 1. The molecule has 120 valence electrons. The van der Waals surface area contributed by atoms with E-state index < -0.39 is 0 Å². The zero-order valence-corrected chi connectivity index (χ0v) is 15.5. The first-order chi connectivity index (χ1) is 10.1. The Morgan fingerprint density at radius 2 is 2.23 bits per heavy atom. The molecule has 0 spiro atoms. The van der Waals surface area contributed by atoms with E-state index in [-0.39, 0.29) is 24.4 Å². The van der Waals surface area contributed by atoms with Crippen molar-refractivity contribution in [1.29, 1.82) is 0 Å². The largest absolute Gasteiger partial charge is 0.337 e. The van der Waals surface area contributed by atoms with Crippen molar-refractivity contribution in [3.05, 3.63) is 27.0 Å². The third-order valence-corrected chi connectivity index (χ3v) is 6.22. The van der Waals surface area contributed by atoms with Crippen LogP contribution in [0.2, 0.25) is 4.34 Å². The van der Waals surface area contributed by atoms with Crippen molar-refractivity contribution in [3.63, 3.8) is 0 Å². The van der Waals surface area contributed by atoms with Gasteiger partial charge in [-0.2, -0.15) is 0 Å². The predicted molar refractivity (Wildman–Crippen MR) is 95.8 cm³/mol. The third kappa shape index (κ3) is 3.46. The van der Waals surface area contributed by atoms with Crippen molar-refractivity contribution >= 4 is 52.6 Å². The number of hydrogen-bond acceptors (Lipinski definition) is 5. The molecule has 3 rings (SSSR count). The van der Waals surface area contributed by atoms with Crippen molar-refractivity contribution in [2.75, 3.05) is 20.1 Å². The van der Waals surface area contributed by atoms with Gasteiger partial charge in [0, 0.05) is 19.6 Å². The fourth-order valence-electron chi connectivity index (χ4n) is 2.43. The summed E-state index contributed by atoms with van der Waals surface area (Å²) in [6.45, 7) is 3.74. The second kappa shape index (κ2) is 7.27. The van der Waals surface area contributed by atoms with E-state index in [4.69, 9.17) is 11.6 Å². The Balaban J connectivity index is 0.00000176. The summed E-state index contributed by atoms with van der Waals surface area (Å²) in [5, 5.41) is 4.16. The van der Waals surface area contributed by atoms with Gasteiger partial charge in [0.15, 0.2) is 0 Å². The molecule has 2 aromatic rings. The minimum absolute atomic E-state index is 0. The van der Waals surface area contributed by atoms with Crippen LogP contribution >= 0.6 is 46.7 Å². The maximum Gasteiger partial charge on any atom is 0.265 e. The second-order valence-electron chi connectivity index (χ2n) is 5.10. The molecule has 0 aromatic carbocycles. The minimum Gasteiger partial charge on any atom is -0.337 e. The van der Waals surface area contributed by atoms with Crippen LogP contribution in [0.5, 0.6) is 0 Å². The summed E-state index contributed by atoms with van der Waals surface area (Å²) in [7, 11) is 1.88. The average molecular weight is 378 g/mol. The standard InChI is InChI=1S/C14H16ClN3OS2.ClH/c1-8-12(14(19)18(2)9-5-6-16-7-9)21-13(17-8)10-3-4-11(15)20-10;/h3-4,9,16H,5-7H2,1-2H3;1H. The van der Waals surface area contributed by atoms with E-state index in [9.17, 15) is 4.79 Å². The topological polar surface area (TPSA) is 45.2 Å². The molecule has 0 radical (unpaired) electrons. The van der Waals surface area contributed by atoms with Crippen LogP contribution in [-0.2, 0) is 0 Å². The first-order valence-electron chi connectivity index (χ1n) is 6.77. The van der Waals surface area contributed by atoms with Gasteiger partial charge >= 0.3 is 0 Å². The Morgan fingerprint density at radius 1 is 1.45 bits per heavy atom. The molecule has 0 saturated carbocycles. The number of rotatable bonds is 3. The highest BCUT2D eigenvalue weighted by molar-refractivity contribution is 7.24. The molecular weight excluding hydrogens is 361 g/mol. The molecule has 1 N–H and O–H groups in total. The smallest absolute Gasteiger partial charge is 0.265 e. The summed E-state index contributed by atoms with van der Waals surface area (Å²) in [6, 6.07) is 4.08. The second-order valence-corrected chi connectivity index (χ2v) is 7.81. The van der Waals surface area contributed by atoms with Crippen LogP contribution in [0.1, 0.15) is 21.8 Å². The van der Waals surface area contributed by atoms with Crippen molar-refractivity contribution in [1.82, 2.24) is 15.2 Å². The first-order valence-corrected chi connectivity index (χ1v) is 8.78. The van der Waals surface area contributed by atoms with Crippen LogP contribution in [0.25, 0.3) is 9.88 Å². The van der Waals surface area contributed by atoms with E-state index in [1.165, 1.54) is 22.7 Å². The molecule has 1 saturated heterocycles. The van der Waals surface area contributed by atoms with E-state index in [1.807, 2.05) is 31.0 Å². The number of thiazole rings is 1. The molecule has 0 bridgehead atoms. The Hall–Kier alpha value is -0.660. The highest BCUT2D eigenvalue weighted by atomic mass is 35.5. The monoisotopic (exact) mass is 377 g/mol. The summed E-state index contributed by atoms with van der Waals surface area (Å²) < 4.78 is 0.736. The number of hydrogen-bond donors (Lipinski definition) is 1. The maximum atomic E-state index is 12.6. The lowest BCUT2D eigenvalue weighted by Crippen LogP contribution is -2.38. The van der Waals surface area contributed by atoms with E-state index >= 15 is 0 Å². The fraction of sp³-hybridized carbons (Fsp3) is 0.429. The van der Waals surface area contributed by atoms with Crippen molar-refractivity contribution in [2.45, 2.75) is 19.4 Å². The molecule has 1 aliphatic rings. The summed E-state index contributed by atoms with van der Waals surface area (Å²) in [5.41, 5.74) is 0.794. The van der Waals surface area contributed by atoms with Gasteiger partial charge in [-0.05, 0) is 32.0 Å².